The highest BCUT2D eigenvalue weighted by Crippen LogP contribution is 2.20. The summed E-state index contributed by atoms with van der Waals surface area (Å²) in [6.45, 7) is 1.41. The van der Waals surface area contributed by atoms with E-state index in [4.69, 9.17) is 9.90 Å². The van der Waals surface area contributed by atoms with E-state index in [0.29, 0.717) is 35.0 Å². The minimum atomic E-state index is -5.08. The zero-order chi connectivity index (χ0) is 38.0. The number of carboxylic acid groups (broad SMARTS) is 1. The van der Waals surface area contributed by atoms with Crippen molar-refractivity contribution in [2.75, 3.05) is 37.8 Å². The van der Waals surface area contributed by atoms with Crippen LogP contribution in [-0.4, -0.2) is 85.7 Å². The van der Waals surface area contributed by atoms with Crippen molar-refractivity contribution in [2.24, 2.45) is 21.1 Å². The molecule has 272 valence electrons. The fourth-order valence-corrected chi connectivity index (χ4v) is 4.60. The lowest BCUT2D eigenvalue weighted by molar-refractivity contribution is -0.384. The van der Waals surface area contributed by atoms with Gasteiger partial charge in [0, 0.05) is 58.4 Å². The highest BCUT2D eigenvalue weighted by molar-refractivity contribution is 6.07. The number of non-ortho nitro benzene ring substituents is 1. The molecule has 3 amide bonds. The van der Waals surface area contributed by atoms with Crippen LogP contribution < -0.4 is 16.0 Å². The topological polar surface area (TPSA) is 186 Å². The average Bonchev–Trinajstić information content (AvgIpc) is 3.73. The van der Waals surface area contributed by atoms with Crippen LogP contribution in [0, 0.1) is 10.1 Å². The molecule has 0 bridgehead atoms. The van der Waals surface area contributed by atoms with Crippen molar-refractivity contribution < 1.29 is 42.4 Å². The molecule has 0 aliphatic rings. The second-order valence-corrected chi connectivity index (χ2v) is 11.5. The molecule has 0 unspecified atom stereocenters. The first-order valence-corrected chi connectivity index (χ1v) is 15.1. The first-order chi connectivity index (χ1) is 23.8. The molecule has 0 radical (unpaired) electrons. The number of nitro benzene ring substituents is 1. The van der Waals surface area contributed by atoms with Gasteiger partial charge in [0.05, 0.1) is 16.3 Å². The number of carboxylic acids is 1. The molecule has 0 saturated carbocycles. The van der Waals surface area contributed by atoms with Gasteiger partial charge in [-0.15, -0.1) is 0 Å². The number of alkyl halides is 3. The van der Waals surface area contributed by atoms with Gasteiger partial charge in [0.15, 0.2) is 0 Å². The third-order valence-corrected chi connectivity index (χ3v) is 7.13. The van der Waals surface area contributed by atoms with Crippen LogP contribution >= 0.6 is 0 Å². The van der Waals surface area contributed by atoms with Crippen LogP contribution in [-0.2, 0) is 25.9 Å². The van der Waals surface area contributed by atoms with Crippen molar-refractivity contribution in [1.29, 1.82) is 0 Å². The quantitative estimate of drug-likeness (QED) is 0.0932. The molecule has 0 saturated heterocycles. The van der Waals surface area contributed by atoms with Crippen LogP contribution in [0.1, 0.15) is 49.0 Å². The standard InChI is InChI=1S/C31H36N8O5.C2HF3O2/c1-35(2)14-6-13-32-29(40)27-16-23(19-37(27)4)34-31(42)28-17-24(20-38(28)5)33-30(41)26-15-22(18-36(26)3)8-7-21-9-11-25(12-10-21)39(43)44;3-2(4,5)1(6)7/h7-12,15-20H,6,13-14H2,1-5H3,(H,32,40)(H,33,41)(H,34,42);(H,6,7)/b8-7+;. The van der Waals surface area contributed by atoms with Gasteiger partial charge in [0.1, 0.15) is 17.1 Å². The molecule has 0 atom stereocenters. The van der Waals surface area contributed by atoms with Crippen LogP contribution in [0.2, 0.25) is 0 Å². The molecule has 4 N–H and O–H groups in total. The summed E-state index contributed by atoms with van der Waals surface area (Å²) in [6, 6.07) is 11.1. The largest absolute Gasteiger partial charge is 0.490 e. The van der Waals surface area contributed by atoms with E-state index < -0.39 is 23.0 Å². The Hall–Kier alpha value is -6.17. The number of carbonyl (C=O) groups is 4. The van der Waals surface area contributed by atoms with Gasteiger partial charge in [-0.2, -0.15) is 13.2 Å². The lowest BCUT2D eigenvalue weighted by Crippen LogP contribution is -2.28. The van der Waals surface area contributed by atoms with Gasteiger partial charge in [-0.25, -0.2) is 4.79 Å². The molecule has 3 heterocycles. The maximum absolute atomic E-state index is 13.1. The number of hydrogen-bond acceptors (Lipinski definition) is 7. The monoisotopic (exact) mass is 714 g/mol. The number of aliphatic carboxylic acids is 1. The Kier molecular flexibility index (Phi) is 13.1. The van der Waals surface area contributed by atoms with Gasteiger partial charge in [-0.05, 0) is 68.5 Å². The first kappa shape index (κ1) is 39.3. The maximum Gasteiger partial charge on any atom is 0.490 e. The van der Waals surface area contributed by atoms with Crippen molar-refractivity contribution in [2.45, 2.75) is 12.6 Å². The number of nitrogens with zero attached hydrogens (tertiary/aromatic N) is 5. The number of carbonyl (C=O) groups excluding carboxylic acids is 3. The Morgan fingerprint density at radius 3 is 1.73 bits per heavy atom. The zero-order valence-corrected chi connectivity index (χ0v) is 28.3. The summed E-state index contributed by atoms with van der Waals surface area (Å²) in [5, 5.41) is 26.5. The lowest BCUT2D eigenvalue weighted by atomic mass is 10.1. The number of nitro groups is 1. The Balaban J connectivity index is 0.000000908. The molecule has 4 rings (SSSR count). The van der Waals surface area contributed by atoms with E-state index in [2.05, 4.69) is 16.0 Å². The Morgan fingerprint density at radius 1 is 0.804 bits per heavy atom. The van der Waals surface area contributed by atoms with Gasteiger partial charge in [0.25, 0.3) is 23.4 Å². The lowest BCUT2D eigenvalue weighted by Gasteiger charge is -2.10. The highest BCUT2D eigenvalue weighted by Gasteiger charge is 2.38. The van der Waals surface area contributed by atoms with E-state index in [0.717, 1.165) is 24.1 Å². The predicted molar refractivity (Wildman–Crippen MR) is 183 cm³/mol. The van der Waals surface area contributed by atoms with Crippen molar-refractivity contribution in [1.82, 2.24) is 23.9 Å². The van der Waals surface area contributed by atoms with Crippen molar-refractivity contribution in [3.63, 3.8) is 0 Å². The molecular formula is C33H37F3N8O7. The third kappa shape index (κ3) is 11.5. The molecule has 15 nitrogen and oxygen atoms in total. The summed E-state index contributed by atoms with van der Waals surface area (Å²) >= 11 is 0. The van der Waals surface area contributed by atoms with E-state index >= 15 is 0 Å². The minimum absolute atomic E-state index is 0.0164. The number of halogens is 3. The van der Waals surface area contributed by atoms with Crippen molar-refractivity contribution >= 4 is 52.9 Å². The van der Waals surface area contributed by atoms with Crippen molar-refractivity contribution in [3.8, 4) is 0 Å². The number of rotatable bonds is 12. The minimum Gasteiger partial charge on any atom is -0.475 e. The summed E-state index contributed by atoms with van der Waals surface area (Å²) in [6.07, 6.45) is 4.46. The normalized spacial score (nSPS) is 11.2. The molecule has 1 aromatic carbocycles. The second kappa shape index (κ2) is 17.0. The number of nitrogens with one attached hydrogen (secondary N) is 3. The van der Waals surface area contributed by atoms with Crippen molar-refractivity contribution in [3.05, 3.63) is 99.4 Å². The average molecular weight is 715 g/mol. The zero-order valence-electron chi connectivity index (χ0n) is 28.3. The maximum atomic E-state index is 13.1. The van der Waals surface area contributed by atoms with Gasteiger partial charge in [-0.3, -0.25) is 24.5 Å². The number of aryl methyl sites for hydroxylation is 3. The number of benzene rings is 1. The molecule has 18 heteroatoms. The molecule has 0 aliphatic carbocycles. The number of amides is 3. The van der Waals surface area contributed by atoms with E-state index in [-0.39, 0.29) is 17.5 Å². The van der Waals surface area contributed by atoms with Crippen LogP contribution in [0.4, 0.5) is 30.2 Å². The highest BCUT2D eigenvalue weighted by atomic mass is 19.4. The summed E-state index contributed by atoms with van der Waals surface area (Å²) < 4.78 is 36.7. The predicted octanol–water partition coefficient (Wildman–Crippen LogP) is 4.60. The van der Waals surface area contributed by atoms with Gasteiger partial charge in [0.2, 0.25) is 0 Å². The fourth-order valence-electron chi connectivity index (χ4n) is 4.60. The smallest absolute Gasteiger partial charge is 0.475 e. The molecule has 0 fully saturated rings. The van der Waals surface area contributed by atoms with E-state index in [1.807, 2.05) is 25.1 Å². The number of aromatic nitrogens is 3. The summed E-state index contributed by atoms with van der Waals surface area (Å²) in [4.78, 5) is 60.1. The van der Waals surface area contributed by atoms with Crippen LogP contribution in [0.25, 0.3) is 12.2 Å². The van der Waals surface area contributed by atoms with E-state index in [1.54, 1.807) is 89.8 Å². The fraction of sp³-hybridized carbons (Fsp3) is 0.273. The number of anilines is 2. The first-order valence-electron chi connectivity index (χ1n) is 15.1. The summed E-state index contributed by atoms with van der Waals surface area (Å²) in [5.74, 6) is -3.73. The Morgan fingerprint density at radius 2 is 1.25 bits per heavy atom. The van der Waals surface area contributed by atoms with Gasteiger partial charge < -0.3 is 39.7 Å². The van der Waals surface area contributed by atoms with Gasteiger partial charge in [-0.1, -0.05) is 12.2 Å². The second-order valence-electron chi connectivity index (χ2n) is 11.5. The molecule has 0 aliphatic heterocycles. The Labute approximate surface area is 290 Å². The van der Waals surface area contributed by atoms with E-state index in [9.17, 15) is 37.7 Å². The summed E-state index contributed by atoms with van der Waals surface area (Å²) in [5.41, 5.74) is 3.63. The molecular weight excluding hydrogens is 677 g/mol. The Bertz CT molecular complexity index is 1920. The molecule has 3 aromatic heterocycles. The SMILES string of the molecule is CN(C)CCCNC(=O)c1cc(NC(=O)c2cc(NC(=O)c3cc(/C=C/c4ccc([N+](=O)[O-])cc4)cn3C)cn2C)cn1C.O=C(O)C(F)(F)F. The van der Waals surface area contributed by atoms with Crippen LogP contribution in [0.3, 0.4) is 0 Å². The van der Waals surface area contributed by atoms with Crippen LogP contribution in [0.15, 0.2) is 61.1 Å². The van der Waals surface area contributed by atoms with Crippen LogP contribution in [0.5, 0.6) is 0 Å². The van der Waals surface area contributed by atoms with Gasteiger partial charge >= 0.3 is 12.1 Å². The summed E-state index contributed by atoms with van der Waals surface area (Å²) in [7, 11) is 9.14. The molecule has 4 aromatic rings. The molecule has 0 spiro atoms. The number of hydrogen-bond donors (Lipinski definition) is 4. The molecule has 51 heavy (non-hydrogen) atoms. The van der Waals surface area contributed by atoms with E-state index in [1.165, 1.54) is 12.1 Å². The third-order valence-electron chi connectivity index (χ3n) is 7.13.